The summed E-state index contributed by atoms with van der Waals surface area (Å²) in [5.74, 6) is 0. The summed E-state index contributed by atoms with van der Waals surface area (Å²) in [5, 5.41) is 9.92. The summed E-state index contributed by atoms with van der Waals surface area (Å²) in [6.45, 7) is 0. The monoisotopic (exact) mass is 826 g/mol. The van der Waals surface area contributed by atoms with Crippen molar-refractivity contribution in [1.82, 2.24) is 0 Å². The van der Waals surface area contributed by atoms with Crippen molar-refractivity contribution in [2.45, 2.75) is 27.5 Å². The number of hydrogen-bond donors (Lipinski definition) is 0. The van der Waals surface area contributed by atoms with Gasteiger partial charge in [0.2, 0.25) is 0 Å². The number of para-hydroxylation sites is 3. The maximum absolute atomic E-state index is 2.54. The van der Waals surface area contributed by atoms with Gasteiger partial charge in [0.05, 0.1) is 17.1 Å². The Kier molecular flexibility index (Phi) is 8.25. The number of anilines is 5. The second kappa shape index (κ2) is 14.3. The Balaban J connectivity index is 1.15. The minimum absolute atomic E-state index is 1.01. The molecule has 2 heterocycles. The maximum Gasteiger partial charge on any atom is 0.0601 e. The van der Waals surface area contributed by atoms with Crippen LogP contribution in [0.25, 0.3) is 65.3 Å². The zero-order chi connectivity index (χ0) is 40.7. The molecular weight excluding hydrogens is 789 g/mol. The van der Waals surface area contributed by atoms with E-state index in [9.17, 15) is 0 Å². The fraction of sp³-hybridized carbons (Fsp3) is 0.0345. The molecule has 3 aliphatic rings. The molecule has 0 amide bonds. The van der Waals surface area contributed by atoms with Crippen molar-refractivity contribution in [2.75, 3.05) is 9.80 Å². The summed E-state index contributed by atoms with van der Waals surface area (Å²) < 4.78 is 0. The van der Waals surface area contributed by atoms with Gasteiger partial charge in [0, 0.05) is 36.7 Å². The molecule has 2 nitrogen and oxygen atoms in total. The highest BCUT2D eigenvalue weighted by atomic mass is 32.2. The van der Waals surface area contributed by atoms with E-state index in [0.29, 0.717) is 0 Å². The van der Waals surface area contributed by atoms with Gasteiger partial charge in [-0.25, -0.2) is 0 Å². The van der Waals surface area contributed by atoms with Crippen molar-refractivity contribution in [3.05, 3.63) is 217 Å². The molecular formula is C58H38N2S2. The molecule has 0 saturated heterocycles. The molecule has 0 fully saturated rings. The van der Waals surface area contributed by atoms with Crippen molar-refractivity contribution in [3.8, 4) is 22.3 Å². The highest BCUT2D eigenvalue weighted by Gasteiger charge is 2.29. The van der Waals surface area contributed by atoms with Gasteiger partial charge in [0.15, 0.2) is 0 Å². The maximum atomic E-state index is 2.54. The molecule has 2 aliphatic heterocycles. The van der Waals surface area contributed by atoms with Crippen LogP contribution in [0, 0.1) is 0 Å². The lowest BCUT2D eigenvalue weighted by molar-refractivity contribution is 0.904. The van der Waals surface area contributed by atoms with Crippen LogP contribution < -0.4 is 9.80 Å². The first-order valence-electron chi connectivity index (χ1n) is 21.4. The van der Waals surface area contributed by atoms with Gasteiger partial charge in [-0.1, -0.05) is 157 Å². The summed E-state index contributed by atoms with van der Waals surface area (Å²) in [6.07, 6.45) is 6.70. The van der Waals surface area contributed by atoms with E-state index in [1.165, 1.54) is 113 Å². The fourth-order valence-electron chi connectivity index (χ4n) is 10.0. The highest BCUT2D eigenvalue weighted by molar-refractivity contribution is 8.03. The van der Waals surface area contributed by atoms with Gasteiger partial charge >= 0.3 is 0 Å². The summed E-state index contributed by atoms with van der Waals surface area (Å²) >= 11 is 3.75. The van der Waals surface area contributed by atoms with Gasteiger partial charge in [-0.2, -0.15) is 0 Å². The van der Waals surface area contributed by atoms with Gasteiger partial charge in [-0.05, 0) is 151 Å². The normalized spacial score (nSPS) is 14.3. The zero-order valence-corrected chi connectivity index (χ0v) is 35.4. The van der Waals surface area contributed by atoms with Crippen molar-refractivity contribution < 1.29 is 0 Å². The standard InChI is InChI=1S/C58H38N2S2/c1-3-15-39-33-41(27-25-37(39)13-1)57-45-31-29-44(60-51-19-7-11-23-55(51)62-56-24-12-8-20-52(56)60)36-48(45)58(42-28-26-38-14-2-4-16-40(38)34-42)46-32-30-43(35-47(46)57)59-49-17-5-9-21-53(49)61-54-22-10-6-18-50(54)59/h1-7,9-19,21-36H,8,20H2. The average Bonchev–Trinajstić information content (AvgIpc) is 3.33. The number of allylic oxidation sites excluding steroid dienone is 3. The molecule has 1 aliphatic carbocycles. The topological polar surface area (TPSA) is 6.48 Å². The molecule has 10 aromatic rings. The van der Waals surface area contributed by atoms with Gasteiger partial charge in [0.1, 0.15) is 0 Å². The molecule has 62 heavy (non-hydrogen) atoms. The molecule has 0 spiro atoms. The summed E-state index contributed by atoms with van der Waals surface area (Å²) in [6, 6.07) is 72.5. The Morgan fingerprint density at radius 3 is 1.40 bits per heavy atom. The number of benzene rings is 10. The third-order valence-electron chi connectivity index (χ3n) is 12.8. The largest absolute Gasteiger partial charge is 0.312 e. The average molecular weight is 827 g/mol. The molecule has 0 aromatic heterocycles. The first-order chi connectivity index (χ1) is 30.7. The van der Waals surface area contributed by atoms with Gasteiger partial charge in [-0.3, -0.25) is 0 Å². The van der Waals surface area contributed by atoms with Crippen LogP contribution in [0.1, 0.15) is 12.8 Å². The van der Waals surface area contributed by atoms with Crippen LogP contribution in [0.5, 0.6) is 0 Å². The molecule has 0 radical (unpaired) electrons. The van der Waals surface area contributed by atoms with Crippen molar-refractivity contribution in [3.63, 3.8) is 0 Å². The summed E-state index contributed by atoms with van der Waals surface area (Å²) in [4.78, 5) is 10.1. The molecule has 0 N–H and O–H groups in total. The van der Waals surface area contributed by atoms with E-state index in [1.54, 1.807) is 0 Å². The Morgan fingerprint density at radius 2 is 0.839 bits per heavy atom. The molecule has 0 bridgehead atoms. The predicted octanol–water partition coefficient (Wildman–Crippen LogP) is 17.4. The van der Waals surface area contributed by atoms with Gasteiger partial charge < -0.3 is 9.80 Å². The number of nitrogens with zero attached hydrogens (tertiary/aromatic N) is 2. The molecule has 0 saturated carbocycles. The molecule has 0 atom stereocenters. The highest BCUT2D eigenvalue weighted by Crippen LogP contribution is 2.55. The van der Waals surface area contributed by atoms with Crippen LogP contribution >= 0.6 is 23.5 Å². The minimum Gasteiger partial charge on any atom is -0.312 e. The summed E-state index contributed by atoms with van der Waals surface area (Å²) in [7, 11) is 0. The van der Waals surface area contributed by atoms with E-state index in [2.05, 4.69) is 216 Å². The lowest BCUT2D eigenvalue weighted by Crippen LogP contribution is -2.22. The number of thioether (sulfide) groups is 1. The van der Waals surface area contributed by atoms with E-state index in [1.807, 2.05) is 23.5 Å². The Hall–Kier alpha value is -6.98. The van der Waals surface area contributed by atoms with Crippen LogP contribution in [-0.2, 0) is 0 Å². The molecule has 292 valence electrons. The fourth-order valence-corrected chi connectivity index (χ4v) is 12.2. The third-order valence-corrected chi connectivity index (χ3v) is 15.1. The minimum atomic E-state index is 1.01. The van der Waals surface area contributed by atoms with Crippen LogP contribution in [0.2, 0.25) is 0 Å². The molecule has 4 heteroatoms. The Labute approximate surface area is 369 Å². The van der Waals surface area contributed by atoms with Crippen LogP contribution in [0.3, 0.4) is 0 Å². The number of hydrogen-bond acceptors (Lipinski definition) is 4. The predicted molar refractivity (Wildman–Crippen MR) is 266 cm³/mol. The summed E-state index contributed by atoms with van der Waals surface area (Å²) in [5.41, 5.74) is 12.3. The van der Waals surface area contributed by atoms with Crippen molar-refractivity contribution in [1.29, 1.82) is 0 Å². The molecule has 10 aromatic carbocycles. The number of fused-ring (bicyclic) bond motifs is 7. The molecule has 0 unspecified atom stereocenters. The van der Waals surface area contributed by atoms with Crippen molar-refractivity contribution >= 4 is 95.1 Å². The lowest BCUT2D eigenvalue weighted by atomic mass is 9.84. The second-order valence-corrected chi connectivity index (χ2v) is 18.5. The van der Waals surface area contributed by atoms with E-state index >= 15 is 0 Å². The Morgan fingerprint density at radius 1 is 0.371 bits per heavy atom. The van der Waals surface area contributed by atoms with Crippen LogP contribution in [0.15, 0.2) is 232 Å². The van der Waals surface area contributed by atoms with Crippen LogP contribution in [-0.4, -0.2) is 0 Å². The van der Waals surface area contributed by atoms with E-state index < -0.39 is 0 Å². The third kappa shape index (κ3) is 5.67. The lowest BCUT2D eigenvalue weighted by Gasteiger charge is -2.36. The van der Waals surface area contributed by atoms with E-state index in [0.717, 1.165) is 18.5 Å². The Bertz CT molecular complexity index is 3520. The van der Waals surface area contributed by atoms with E-state index in [4.69, 9.17) is 0 Å². The first-order valence-corrected chi connectivity index (χ1v) is 23.0. The SMILES string of the molecule is C1=CC2=C(CC1)N(c1ccc3c(-c4ccc5ccccc5c4)c4cc(N5c6ccccc6Sc6ccccc65)ccc4c(-c4ccc5ccccc5c4)c3c1)c1ccccc1S2. The van der Waals surface area contributed by atoms with E-state index in [-0.39, 0.29) is 0 Å². The second-order valence-electron chi connectivity index (χ2n) is 16.4. The zero-order valence-electron chi connectivity index (χ0n) is 33.8. The van der Waals surface area contributed by atoms with Gasteiger partial charge in [-0.15, -0.1) is 0 Å². The first kappa shape index (κ1) is 35.7. The van der Waals surface area contributed by atoms with Gasteiger partial charge in [0.25, 0.3) is 0 Å². The van der Waals surface area contributed by atoms with Crippen molar-refractivity contribution in [2.24, 2.45) is 0 Å². The molecule has 13 rings (SSSR count). The smallest absolute Gasteiger partial charge is 0.0601 e. The van der Waals surface area contributed by atoms with Crippen LogP contribution in [0.4, 0.5) is 28.4 Å². The number of rotatable bonds is 4. The quantitative estimate of drug-likeness (QED) is 0.163.